The van der Waals surface area contributed by atoms with Gasteiger partial charge in [0.1, 0.15) is 18.0 Å². The van der Waals surface area contributed by atoms with Crippen molar-refractivity contribution in [1.82, 2.24) is 25.1 Å². The minimum atomic E-state index is -0.0467. The lowest BCUT2D eigenvalue weighted by atomic mass is 10.00. The number of H-pyrrole nitrogens is 1. The van der Waals surface area contributed by atoms with Crippen LogP contribution in [0.25, 0.3) is 16.6 Å². The van der Waals surface area contributed by atoms with Gasteiger partial charge in [-0.25, -0.2) is 9.78 Å². The van der Waals surface area contributed by atoms with Crippen LogP contribution in [0.2, 0.25) is 0 Å². The van der Waals surface area contributed by atoms with Gasteiger partial charge in [-0.2, -0.15) is 0 Å². The molecule has 2 aliphatic rings. The summed E-state index contributed by atoms with van der Waals surface area (Å²) in [6.07, 6.45) is 6.76. The zero-order valence-electron chi connectivity index (χ0n) is 19.3. The molecule has 0 bridgehead atoms. The highest BCUT2D eigenvalue weighted by Gasteiger charge is 2.19. The number of carbonyl (C=O) groups excluding carboxylic acids is 1. The number of ether oxygens (including phenoxy) is 2. The molecule has 2 aliphatic heterocycles. The largest absolute Gasteiger partial charge is 0.492 e. The summed E-state index contributed by atoms with van der Waals surface area (Å²) in [6, 6.07) is 11.9. The summed E-state index contributed by atoms with van der Waals surface area (Å²) in [5, 5.41) is 4.17. The lowest BCUT2D eigenvalue weighted by molar-refractivity contribution is 0.0322. The Kier molecular flexibility index (Phi) is 7.07. The summed E-state index contributed by atoms with van der Waals surface area (Å²) in [5.74, 6) is 0.832. The van der Waals surface area contributed by atoms with Gasteiger partial charge in [-0.3, -0.25) is 4.90 Å². The summed E-state index contributed by atoms with van der Waals surface area (Å²) < 4.78 is 11.3. The van der Waals surface area contributed by atoms with E-state index in [2.05, 4.69) is 32.3 Å². The number of amides is 2. The highest BCUT2D eigenvalue weighted by molar-refractivity contribution is 5.91. The Morgan fingerprint density at radius 1 is 1.18 bits per heavy atom. The summed E-state index contributed by atoms with van der Waals surface area (Å²) in [6.45, 7) is 6.81. The van der Waals surface area contributed by atoms with Gasteiger partial charge >= 0.3 is 6.03 Å². The third-order valence-electron chi connectivity index (χ3n) is 6.42. The van der Waals surface area contributed by atoms with E-state index in [-0.39, 0.29) is 6.03 Å². The first-order chi connectivity index (χ1) is 16.8. The summed E-state index contributed by atoms with van der Waals surface area (Å²) in [4.78, 5) is 24.5. The standard InChI is InChI=1S/C26H31N5O3/c32-26(31-9-6-21(7-10-31)24-19-28-25-23(24)5-2-8-27-25)29-18-20-3-1-4-22(17-20)34-16-13-30-11-14-33-15-12-30/h1-6,8,17,19H,7,9-16,18H2,(H,27,28)(H,29,32). The molecule has 1 saturated heterocycles. The molecule has 3 aromatic rings. The normalized spacial score (nSPS) is 16.9. The molecule has 4 heterocycles. The van der Waals surface area contributed by atoms with Gasteiger partial charge in [0, 0.05) is 62.6 Å². The number of benzene rings is 1. The predicted octanol–water partition coefficient (Wildman–Crippen LogP) is 3.27. The third kappa shape index (κ3) is 5.40. The zero-order valence-corrected chi connectivity index (χ0v) is 19.3. The van der Waals surface area contributed by atoms with E-state index in [1.165, 1.54) is 11.1 Å². The average Bonchev–Trinajstić information content (AvgIpc) is 3.33. The molecule has 178 valence electrons. The molecule has 2 aromatic heterocycles. The smallest absolute Gasteiger partial charge is 0.317 e. The molecule has 2 amide bonds. The van der Waals surface area contributed by atoms with Gasteiger partial charge in [0.05, 0.1) is 13.2 Å². The van der Waals surface area contributed by atoms with Crippen molar-refractivity contribution < 1.29 is 14.3 Å². The molecule has 34 heavy (non-hydrogen) atoms. The topological polar surface area (TPSA) is 82.7 Å². The second kappa shape index (κ2) is 10.7. The first-order valence-corrected chi connectivity index (χ1v) is 11.9. The van der Waals surface area contributed by atoms with Crippen molar-refractivity contribution in [2.24, 2.45) is 0 Å². The maximum absolute atomic E-state index is 12.7. The first-order valence-electron chi connectivity index (χ1n) is 11.9. The van der Waals surface area contributed by atoms with Crippen molar-refractivity contribution >= 4 is 22.6 Å². The fraction of sp³-hybridized carbons (Fsp3) is 0.385. The van der Waals surface area contributed by atoms with Crippen molar-refractivity contribution in [3.05, 3.63) is 66.0 Å². The van der Waals surface area contributed by atoms with Gasteiger partial charge in [0.25, 0.3) is 0 Å². The number of carbonyl (C=O) groups is 1. The number of nitrogens with one attached hydrogen (secondary N) is 2. The van der Waals surface area contributed by atoms with Gasteiger partial charge in [-0.1, -0.05) is 18.2 Å². The molecule has 1 fully saturated rings. The maximum atomic E-state index is 12.7. The second-order valence-electron chi connectivity index (χ2n) is 8.64. The van der Waals surface area contributed by atoms with Crippen LogP contribution in [0.5, 0.6) is 5.75 Å². The van der Waals surface area contributed by atoms with E-state index in [0.29, 0.717) is 26.2 Å². The Hall–Kier alpha value is -3.36. The number of urea groups is 1. The van der Waals surface area contributed by atoms with Crippen LogP contribution in [0.4, 0.5) is 4.79 Å². The molecule has 8 nitrogen and oxygen atoms in total. The van der Waals surface area contributed by atoms with E-state index in [4.69, 9.17) is 9.47 Å². The van der Waals surface area contributed by atoms with Crippen LogP contribution in [0.3, 0.4) is 0 Å². The summed E-state index contributed by atoms with van der Waals surface area (Å²) in [7, 11) is 0. The summed E-state index contributed by atoms with van der Waals surface area (Å²) in [5.41, 5.74) is 4.35. The molecular weight excluding hydrogens is 430 g/mol. The van der Waals surface area contributed by atoms with Crippen LogP contribution in [0, 0.1) is 0 Å². The fourth-order valence-corrected chi connectivity index (χ4v) is 4.47. The number of hydrogen-bond donors (Lipinski definition) is 2. The number of hydrogen-bond acceptors (Lipinski definition) is 5. The second-order valence-corrected chi connectivity index (χ2v) is 8.64. The highest BCUT2D eigenvalue weighted by atomic mass is 16.5. The monoisotopic (exact) mass is 461 g/mol. The van der Waals surface area contributed by atoms with Crippen molar-refractivity contribution in [2.45, 2.75) is 13.0 Å². The Bertz CT molecular complexity index is 1150. The SMILES string of the molecule is O=C(NCc1cccc(OCCN2CCOCC2)c1)N1CC=C(c2c[nH]c3ncccc23)CC1. The Balaban J connectivity index is 1.10. The Morgan fingerprint density at radius 2 is 2.09 bits per heavy atom. The van der Waals surface area contributed by atoms with E-state index < -0.39 is 0 Å². The van der Waals surface area contributed by atoms with Gasteiger partial charge in [0.2, 0.25) is 0 Å². The van der Waals surface area contributed by atoms with Crippen molar-refractivity contribution in [3.63, 3.8) is 0 Å². The van der Waals surface area contributed by atoms with Gasteiger partial charge in [-0.05, 0) is 41.8 Å². The highest BCUT2D eigenvalue weighted by Crippen LogP contribution is 2.28. The Morgan fingerprint density at radius 3 is 2.94 bits per heavy atom. The van der Waals surface area contributed by atoms with Crippen LogP contribution in [-0.4, -0.2) is 78.3 Å². The summed E-state index contributed by atoms with van der Waals surface area (Å²) >= 11 is 0. The van der Waals surface area contributed by atoms with Crippen molar-refractivity contribution in [2.75, 3.05) is 52.5 Å². The molecule has 2 N–H and O–H groups in total. The van der Waals surface area contributed by atoms with Crippen LogP contribution in [-0.2, 0) is 11.3 Å². The molecule has 1 aromatic carbocycles. The molecule has 0 atom stereocenters. The first kappa shape index (κ1) is 22.4. The quantitative estimate of drug-likeness (QED) is 0.564. The maximum Gasteiger partial charge on any atom is 0.317 e. The number of aromatic amines is 1. The number of rotatable bonds is 7. The van der Waals surface area contributed by atoms with Crippen LogP contribution in [0.15, 0.2) is 54.9 Å². The Labute approximate surface area is 199 Å². The van der Waals surface area contributed by atoms with Crippen LogP contribution >= 0.6 is 0 Å². The molecule has 0 saturated carbocycles. The number of morpholine rings is 1. The van der Waals surface area contributed by atoms with Gasteiger partial charge in [0.15, 0.2) is 0 Å². The van der Waals surface area contributed by atoms with E-state index in [0.717, 1.165) is 61.6 Å². The average molecular weight is 462 g/mol. The molecule has 0 aliphatic carbocycles. The number of pyridine rings is 1. The lowest BCUT2D eigenvalue weighted by Crippen LogP contribution is -2.41. The van der Waals surface area contributed by atoms with E-state index in [1.54, 1.807) is 6.20 Å². The molecule has 8 heteroatoms. The van der Waals surface area contributed by atoms with Crippen LogP contribution in [0.1, 0.15) is 17.5 Å². The van der Waals surface area contributed by atoms with E-state index in [9.17, 15) is 4.79 Å². The predicted molar refractivity (Wildman–Crippen MR) is 132 cm³/mol. The molecule has 0 spiro atoms. The van der Waals surface area contributed by atoms with Gasteiger partial charge < -0.3 is 24.7 Å². The lowest BCUT2D eigenvalue weighted by Gasteiger charge is -2.27. The minimum Gasteiger partial charge on any atom is -0.492 e. The number of nitrogens with zero attached hydrogens (tertiary/aromatic N) is 3. The van der Waals surface area contributed by atoms with E-state index >= 15 is 0 Å². The zero-order chi connectivity index (χ0) is 23.2. The molecule has 0 radical (unpaired) electrons. The van der Waals surface area contributed by atoms with Crippen LogP contribution < -0.4 is 10.1 Å². The molecule has 0 unspecified atom stereocenters. The van der Waals surface area contributed by atoms with Crippen molar-refractivity contribution in [3.8, 4) is 5.75 Å². The molecule has 5 rings (SSSR count). The molecular formula is C26H31N5O3. The third-order valence-corrected chi connectivity index (χ3v) is 6.42. The fourth-order valence-electron chi connectivity index (χ4n) is 4.47. The number of fused-ring (bicyclic) bond motifs is 1. The van der Waals surface area contributed by atoms with Gasteiger partial charge in [-0.15, -0.1) is 0 Å². The van der Waals surface area contributed by atoms with E-state index in [1.807, 2.05) is 41.4 Å². The number of aromatic nitrogens is 2. The van der Waals surface area contributed by atoms with Crippen molar-refractivity contribution in [1.29, 1.82) is 0 Å². The minimum absolute atomic E-state index is 0.0467.